The third-order valence-corrected chi connectivity index (χ3v) is 11.9. The van der Waals surface area contributed by atoms with E-state index in [1.807, 2.05) is 24.3 Å². The van der Waals surface area contributed by atoms with Crippen LogP contribution in [-0.2, 0) is 5.41 Å². The monoisotopic (exact) mass is 727 g/mol. The van der Waals surface area contributed by atoms with Gasteiger partial charge < -0.3 is 4.42 Å². The maximum Gasteiger partial charge on any atom is 0.235 e. The summed E-state index contributed by atoms with van der Waals surface area (Å²) in [6, 6.07) is 71.4. The Morgan fingerprint density at radius 1 is 0.368 bits per heavy atom. The quantitative estimate of drug-likeness (QED) is 0.181. The van der Waals surface area contributed by atoms with E-state index < -0.39 is 5.41 Å². The number of anilines is 3. The van der Waals surface area contributed by atoms with E-state index in [0.717, 1.165) is 61.4 Å². The molecule has 57 heavy (non-hydrogen) atoms. The molecule has 10 aromatic rings. The van der Waals surface area contributed by atoms with Crippen molar-refractivity contribution in [2.75, 3.05) is 4.90 Å². The highest BCUT2D eigenvalue weighted by Crippen LogP contribution is 2.63. The van der Waals surface area contributed by atoms with Gasteiger partial charge in [0.05, 0.1) is 28.2 Å². The number of furan rings is 1. The Hall–Kier alpha value is -7.56. The number of aromatic nitrogens is 2. The van der Waals surface area contributed by atoms with Gasteiger partial charge >= 0.3 is 0 Å². The zero-order valence-corrected chi connectivity index (χ0v) is 30.8. The van der Waals surface area contributed by atoms with Gasteiger partial charge in [-0.05, 0) is 87.0 Å². The molecule has 0 saturated carbocycles. The average Bonchev–Trinajstić information content (AvgIpc) is 3.80. The summed E-state index contributed by atoms with van der Waals surface area (Å²) in [4.78, 5) is 13.0. The second kappa shape index (κ2) is 12.2. The minimum absolute atomic E-state index is 0.571. The Labute approximate surface area is 330 Å². The van der Waals surface area contributed by atoms with E-state index in [0.29, 0.717) is 5.95 Å². The van der Waals surface area contributed by atoms with Crippen LogP contribution < -0.4 is 4.90 Å². The van der Waals surface area contributed by atoms with Crippen molar-refractivity contribution in [2.45, 2.75) is 5.41 Å². The zero-order valence-electron chi connectivity index (χ0n) is 30.8. The van der Waals surface area contributed by atoms with Gasteiger partial charge in [-0.2, -0.15) is 0 Å². The fraction of sp³-hybridized carbons (Fsp3) is 0.0189. The summed E-state index contributed by atoms with van der Waals surface area (Å²) in [5, 5.41) is 2.26. The minimum atomic E-state index is -0.571. The molecule has 2 aromatic heterocycles. The van der Waals surface area contributed by atoms with Crippen LogP contribution in [0.5, 0.6) is 0 Å². The Morgan fingerprint density at radius 3 is 1.60 bits per heavy atom. The van der Waals surface area contributed by atoms with Gasteiger partial charge in [-0.3, -0.25) is 4.90 Å². The number of fused-ring (bicyclic) bond motifs is 12. The van der Waals surface area contributed by atoms with E-state index in [2.05, 4.69) is 181 Å². The van der Waals surface area contributed by atoms with Gasteiger partial charge in [0.15, 0.2) is 0 Å². The van der Waals surface area contributed by atoms with E-state index in [1.165, 1.54) is 38.9 Å². The summed E-state index contributed by atoms with van der Waals surface area (Å²) in [5.41, 5.74) is 17.0. The Bertz CT molecular complexity index is 3100. The lowest BCUT2D eigenvalue weighted by atomic mass is 9.64. The smallest absolute Gasteiger partial charge is 0.235 e. The number of rotatable bonds is 4. The SMILES string of the molecule is c1ccc(-c2cc(-c3ccccc3)nc(N3c4ccccc4C4(c5ccccc5-c5cc(-c6ccc7oc8ccccc8c7c6)ccc54)c4ccccc43)n2)cc1. The molecule has 4 heteroatoms. The normalized spacial score (nSPS) is 13.4. The number of nitrogens with zero attached hydrogens (tertiary/aromatic N) is 3. The van der Waals surface area contributed by atoms with Gasteiger partial charge in [-0.15, -0.1) is 0 Å². The molecule has 3 heterocycles. The fourth-order valence-electron chi connectivity index (χ4n) is 9.46. The van der Waals surface area contributed by atoms with Crippen LogP contribution in [0.2, 0.25) is 0 Å². The van der Waals surface area contributed by atoms with Crippen LogP contribution in [0.15, 0.2) is 205 Å². The third kappa shape index (κ3) is 4.62. The van der Waals surface area contributed by atoms with Gasteiger partial charge in [0.1, 0.15) is 11.2 Å². The van der Waals surface area contributed by atoms with Gasteiger partial charge in [0.25, 0.3) is 0 Å². The summed E-state index contributed by atoms with van der Waals surface area (Å²) in [6.07, 6.45) is 0. The van der Waals surface area contributed by atoms with Crippen molar-refractivity contribution >= 4 is 39.3 Å². The Morgan fingerprint density at radius 2 is 0.895 bits per heavy atom. The molecule has 12 rings (SSSR count). The predicted octanol–water partition coefficient (Wildman–Crippen LogP) is 13.5. The molecule has 0 atom stereocenters. The first-order valence-electron chi connectivity index (χ1n) is 19.4. The van der Waals surface area contributed by atoms with Crippen LogP contribution in [0.3, 0.4) is 0 Å². The molecule has 0 saturated heterocycles. The highest BCUT2D eigenvalue weighted by atomic mass is 16.3. The molecule has 1 aliphatic carbocycles. The molecule has 0 amide bonds. The first kappa shape index (κ1) is 31.8. The maximum atomic E-state index is 6.19. The topological polar surface area (TPSA) is 42.2 Å². The van der Waals surface area contributed by atoms with Gasteiger partial charge in [0, 0.05) is 21.9 Å². The van der Waals surface area contributed by atoms with Crippen molar-refractivity contribution in [3.05, 3.63) is 222 Å². The standard InChI is InChI=1S/C53H33N3O/c1-3-15-34(16-4-1)46-33-47(35-17-5-2-6-18-35)55-52(54-46)56-48-24-12-10-22-44(48)53(45-23-11-13-25-49(45)56)42-21-9-7-19-38(42)40-31-36(27-29-43(40)53)37-28-30-51-41(32-37)39-20-8-14-26-50(39)57-51/h1-33H. The summed E-state index contributed by atoms with van der Waals surface area (Å²) >= 11 is 0. The second-order valence-electron chi connectivity index (χ2n) is 14.9. The van der Waals surface area contributed by atoms with E-state index in [-0.39, 0.29) is 0 Å². The summed E-state index contributed by atoms with van der Waals surface area (Å²) in [6.45, 7) is 0. The highest BCUT2D eigenvalue weighted by Gasteiger charge is 2.52. The van der Waals surface area contributed by atoms with Gasteiger partial charge in [-0.25, -0.2) is 9.97 Å². The van der Waals surface area contributed by atoms with Crippen molar-refractivity contribution < 1.29 is 4.42 Å². The summed E-state index contributed by atoms with van der Waals surface area (Å²) in [7, 11) is 0. The molecule has 1 aliphatic heterocycles. The molecule has 0 N–H and O–H groups in total. The van der Waals surface area contributed by atoms with Crippen molar-refractivity contribution in [3.8, 4) is 44.8 Å². The molecular formula is C53H33N3O. The van der Waals surface area contributed by atoms with Crippen LogP contribution in [0.1, 0.15) is 22.3 Å². The summed E-state index contributed by atoms with van der Waals surface area (Å²) < 4.78 is 6.19. The largest absolute Gasteiger partial charge is 0.456 e. The van der Waals surface area contributed by atoms with Crippen molar-refractivity contribution in [3.63, 3.8) is 0 Å². The highest BCUT2D eigenvalue weighted by molar-refractivity contribution is 6.06. The van der Waals surface area contributed by atoms with Gasteiger partial charge in [0.2, 0.25) is 5.95 Å². The van der Waals surface area contributed by atoms with Crippen molar-refractivity contribution in [2.24, 2.45) is 0 Å². The van der Waals surface area contributed by atoms with Crippen LogP contribution in [0, 0.1) is 0 Å². The first-order chi connectivity index (χ1) is 28.3. The Balaban J connectivity index is 1.09. The van der Waals surface area contributed by atoms with Crippen LogP contribution >= 0.6 is 0 Å². The van der Waals surface area contributed by atoms with Crippen LogP contribution in [0.25, 0.3) is 66.7 Å². The lowest BCUT2D eigenvalue weighted by Crippen LogP contribution is -2.36. The first-order valence-corrected chi connectivity index (χ1v) is 19.4. The van der Waals surface area contributed by atoms with Gasteiger partial charge in [-0.1, -0.05) is 158 Å². The predicted molar refractivity (Wildman–Crippen MR) is 231 cm³/mol. The van der Waals surface area contributed by atoms with E-state index in [1.54, 1.807) is 0 Å². The molecule has 0 fully saturated rings. The number of benzene rings is 8. The lowest BCUT2D eigenvalue weighted by Gasteiger charge is -2.44. The molecular weight excluding hydrogens is 695 g/mol. The van der Waals surface area contributed by atoms with Crippen molar-refractivity contribution in [1.29, 1.82) is 0 Å². The second-order valence-corrected chi connectivity index (χ2v) is 14.9. The number of para-hydroxylation sites is 3. The van der Waals surface area contributed by atoms with E-state index >= 15 is 0 Å². The molecule has 4 nitrogen and oxygen atoms in total. The molecule has 266 valence electrons. The molecule has 1 spiro atoms. The van der Waals surface area contributed by atoms with Crippen molar-refractivity contribution in [1.82, 2.24) is 9.97 Å². The molecule has 0 unspecified atom stereocenters. The minimum Gasteiger partial charge on any atom is -0.456 e. The van der Waals surface area contributed by atoms with E-state index in [4.69, 9.17) is 14.4 Å². The van der Waals surface area contributed by atoms with Crippen LogP contribution in [0.4, 0.5) is 17.3 Å². The fourth-order valence-corrected chi connectivity index (χ4v) is 9.46. The molecule has 8 aromatic carbocycles. The lowest BCUT2D eigenvalue weighted by molar-refractivity contribution is 0.669. The van der Waals surface area contributed by atoms with E-state index in [9.17, 15) is 0 Å². The molecule has 0 radical (unpaired) electrons. The molecule has 0 bridgehead atoms. The third-order valence-electron chi connectivity index (χ3n) is 11.9. The molecule has 2 aliphatic rings. The zero-order chi connectivity index (χ0) is 37.5. The number of hydrogen-bond acceptors (Lipinski definition) is 4. The Kier molecular flexibility index (Phi) is 6.81. The number of hydrogen-bond donors (Lipinski definition) is 0. The summed E-state index contributed by atoms with van der Waals surface area (Å²) in [5.74, 6) is 0.633. The average molecular weight is 728 g/mol. The maximum absolute atomic E-state index is 6.19. The van der Waals surface area contributed by atoms with Crippen LogP contribution in [-0.4, -0.2) is 9.97 Å².